The van der Waals surface area contributed by atoms with E-state index in [0.717, 1.165) is 0 Å². The van der Waals surface area contributed by atoms with Gasteiger partial charge in [-0.1, -0.05) is 24.3 Å². The number of carbonyl (C=O) groups is 3. The third kappa shape index (κ3) is 4.51. The van der Waals surface area contributed by atoms with E-state index in [1.807, 2.05) is 0 Å². The summed E-state index contributed by atoms with van der Waals surface area (Å²) in [4.78, 5) is 32.9. The number of rotatable bonds is 7. The number of ketones is 2. The van der Waals surface area contributed by atoms with E-state index in [1.54, 1.807) is 0 Å². The van der Waals surface area contributed by atoms with Crippen LogP contribution in [0.4, 0.5) is 8.78 Å². The molecular weight excluding hydrogens is 272 g/mol. The van der Waals surface area contributed by atoms with Gasteiger partial charge in [0.05, 0.1) is 6.42 Å². The van der Waals surface area contributed by atoms with Crippen LogP contribution in [-0.4, -0.2) is 35.1 Å². The van der Waals surface area contributed by atoms with Gasteiger partial charge in [0.2, 0.25) is 5.78 Å². The summed E-state index contributed by atoms with van der Waals surface area (Å²) in [6.07, 6.45) is -3.93. The summed E-state index contributed by atoms with van der Waals surface area (Å²) in [6, 6.07) is 4.60. The number of carbonyl (C=O) groups excluding carboxylic acids is 2. The Kier molecular flexibility index (Phi) is 5.45. The number of Topliss-reactive ketones (excluding diaryl/α,β-unsaturated/α-hetero) is 2. The molecule has 0 saturated heterocycles. The van der Waals surface area contributed by atoms with Gasteiger partial charge in [0.25, 0.3) is 6.43 Å². The van der Waals surface area contributed by atoms with Gasteiger partial charge in [0.15, 0.2) is 5.78 Å². The molecule has 1 aromatic carbocycles. The van der Waals surface area contributed by atoms with Crippen molar-refractivity contribution < 1.29 is 28.3 Å². The summed E-state index contributed by atoms with van der Waals surface area (Å²) in [5.41, 5.74) is 6.06. The molecule has 1 rings (SSSR count). The quantitative estimate of drug-likeness (QED) is 0.576. The van der Waals surface area contributed by atoms with E-state index in [2.05, 4.69) is 0 Å². The Labute approximate surface area is 113 Å². The SMILES string of the molecule is N[C@@H](Cc1ccc(C(=O)CC(=O)C(F)F)cc1)C(=O)O. The predicted octanol–water partition coefficient (Wildman–Crippen LogP) is 1.05. The monoisotopic (exact) mass is 285 g/mol. The first-order valence-corrected chi connectivity index (χ1v) is 5.72. The minimum Gasteiger partial charge on any atom is -0.480 e. The third-order valence-electron chi connectivity index (χ3n) is 2.63. The standard InChI is InChI=1S/C13H13F2NO4/c14-12(15)11(18)6-10(17)8-3-1-7(2-4-8)5-9(16)13(19)20/h1-4,9,12H,5-6,16H2,(H,19,20)/t9-/m0/s1. The normalized spacial score (nSPS) is 12.2. The smallest absolute Gasteiger partial charge is 0.320 e. The number of carboxylic acid groups (broad SMARTS) is 1. The van der Waals surface area contributed by atoms with Crippen LogP contribution in [0.15, 0.2) is 24.3 Å². The highest BCUT2D eigenvalue weighted by atomic mass is 19.3. The Morgan fingerprint density at radius 3 is 2.15 bits per heavy atom. The highest BCUT2D eigenvalue weighted by molar-refractivity contribution is 6.08. The molecular formula is C13H13F2NO4. The summed E-state index contributed by atoms with van der Waals surface area (Å²) in [6.45, 7) is 0. The molecule has 0 radical (unpaired) electrons. The van der Waals surface area contributed by atoms with Gasteiger partial charge in [-0.05, 0) is 12.0 Å². The lowest BCUT2D eigenvalue weighted by Gasteiger charge is -2.07. The second kappa shape index (κ2) is 6.85. The molecule has 0 heterocycles. The maximum atomic E-state index is 12.0. The van der Waals surface area contributed by atoms with Crippen molar-refractivity contribution >= 4 is 17.5 Å². The average Bonchev–Trinajstić information content (AvgIpc) is 2.39. The predicted molar refractivity (Wildman–Crippen MR) is 65.7 cm³/mol. The second-order valence-electron chi connectivity index (χ2n) is 4.21. The Balaban J connectivity index is 2.69. The van der Waals surface area contributed by atoms with Crippen molar-refractivity contribution in [3.05, 3.63) is 35.4 Å². The number of aliphatic carboxylic acids is 1. The lowest BCUT2D eigenvalue weighted by molar-refractivity contribution is -0.138. The Morgan fingerprint density at radius 2 is 1.70 bits per heavy atom. The summed E-state index contributed by atoms with van der Waals surface area (Å²) in [5, 5.41) is 8.65. The maximum absolute atomic E-state index is 12.0. The van der Waals surface area contributed by atoms with E-state index < -0.39 is 36.4 Å². The number of hydrogen-bond acceptors (Lipinski definition) is 4. The Morgan fingerprint density at radius 1 is 1.15 bits per heavy atom. The number of halogens is 2. The third-order valence-corrected chi connectivity index (χ3v) is 2.63. The van der Waals surface area contributed by atoms with Crippen LogP contribution in [-0.2, 0) is 16.0 Å². The fraction of sp³-hybridized carbons (Fsp3) is 0.308. The maximum Gasteiger partial charge on any atom is 0.320 e. The van der Waals surface area contributed by atoms with Crippen molar-refractivity contribution in [2.45, 2.75) is 25.3 Å². The highest BCUT2D eigenvalue weighted by Crippen LogP contribution is 2.10. The molecule has 0 amide bonds. The zero-order chi connectivity index (χ0) is 15.3. The molecule has 7 heteroatoms. The van der Waals surface area contributed by atoms with Crippen molar-refractivity contribution in [3.63, 3.8) is 0 Å². The van der Waals surface area contributed by atoms with Crippen molar-refractivity contribution in [2.24, 2.45) is 5.73 Å². The first-order chi connectivity index (χ1) is 9.31. The van der Waals surface area contributed by atoms with Crippen molar-refractivity contribution in [1.82, 2.24) is 0 Å². The van der Waals surface area contributed by atoms with E-state index >= 15 is 0 Å². The molecule has 0 aliphatic rings. The van der Waals surface area contributed by atoms with Crippen molar-refractivity contribution in [2.75, 3.05) is 0 Å². The number of carboxylic acids is 1. The van der Waals surface area contributed by atoms with Crippen LogP contribution in [0.25, 0.3) is 0 Å². The molecule has 1 aromatic rings. The molecule has 1 atom stereocenters. The average molecular weight is 285 g/mol. The summed E-state index contributed by atoms with van der Waals surface area (Å²) < 4.78 is 24.0. The minimum atomic E-state index is -3.16. The van der Waals surface area contributed by atoms with Gasteiger partial charge in [-0.3, -0.25) is 14.4 Å². The lowest BCUT2D eigenvalue weighted by Crippen LogP contribution is -2.32. The molecule has 0 fully saturated rings. The van der Waals surface area contributed by atoms with Crippen LogP contribution < -0.4 is 5.73 Å². The summed E-state index contributed by atoms with van der Waals surface area (Å²) >= 11 is 0. The van der Waals surface area contributed by atoms with Gasteiger partial charge in [0.1, 0.15) is 6.04 Å². The van der Waals surface area contributed by atoms with Crippen molar-refractivity contribution in [3.8, 4) is 0 Å². The van der Waals surface area contributed by atoms with Crippen molar-refractivity contribution in [1.29, 1.82) is 0 Å². The molecule has 20 heavy (non-hydrogen) atoms. The van der Waals surface area contributed by atoms with Gasteiger partial charge >= 0.3 is 5.97 Å². The zero-order valence-electron chi connectivity index (χ0n) is 10.4. The molecule has 0 aromatic heterocycles. The van der Waals surface area contributed by atoms with Crippen LogP contribution in [0.3, 0.4) is 0 Å². The van der Waals surface area contributed by atoms with E-state index in [4.69, 9.17) is 10.8 Å². The van der Waals surface area contributed by atoms with E-state index in [1.165, 1.54) is 24.3 Å². The summed E-state index contributed by atoms with van der Waals surface area (Å²) in [7, 11) is 0. The molecule has 108 valence electrons. The van der Waals surface area contributed by atoms with Gasteiger partial charge < -0.3 is 10.8 Å². The fourth-order valence-electron chi connectivity index (χ4n) is 1.51. The number of alkyl halides is 2. The van der Waals surface area contributed by atoms with Gasteiger partial charge in [-0.25, -0.2) is 8.78 Å². The first-order valence-electron chi connectivity index (χ1n) is 5.72. The molecule has 0 saturated carbocycles. The Hall–Kier alpha value is -2.15. The molecule has 0 bridgehead atoms. The Bertz CT molecular complexity index is 514. The van der Waals surface area contributed by atoms with E-state index in [-0.39, 0.29) is 12.0 Å². The van der Waals surface area contributed by atoms with E-state index in [9.17, 15) is 23.2 Å². The second-order valence-corrected chi connectivity index (χ2v) is 4.21. The number of hydrogen-bond donors (Lipinski definition) is 2. The van der Waals surface area contributed by atoms with Crippen LogP contribution in [0, 0.1) is 0 Å². The van der Waals surface area contributed by atoms with Crippen LogP contribution >= 0.6 is 0 Å². The summed E-state index contributed by atoms with van der Waals surface area (Å²) in [5.74, 6) is -3.27. The minimum absolute atomic E-state index is 0.0831. The largest absolute Gasteiger partial charge is 0.480 e. The molecule has 0 aliphatic carbocycles. The topological polar surface area (TPSA) is 97.5 Å². The van der Waals surface area contributed by atoms with Gasteiger partial charge in [-0.2, -0.15) is 0 Å². The fourth-order valence-corrected chi connectivity index (χ4v) is 1.51. The van der Waals surface area contributed by atoms with Gasteiger partial charge in [0, 0.05) is 5.56 Å². The van der Waals surface area contributed by atoms with Crippen LogP contribution in [0.1, 0.15) is 22.3 Å². The zero-order valence-corrected chi connectivity index (χ0v) is 10.4. The number of benzene rings is 1. The van der Waals surface area contributed by atoms with Crippen LogP contribution in [0.2, 0.25) is 0 Å². The highest BCUT2D eigenvalue weighted by Gasteiger charge is 2.20. The molecule has 0 spiro atoms. The number of nitrogens with two attached hydrogens (primary N) is 1. The molecule has 5 nitrogen and oxygen atoms in total. The molecule has 0 aliphatic heterocycles. The molecule has 0 unspecified atom stereocenters. The first kappa shape index (κ1) is 15.9. The van der Waals surface area contributed by atoms with E-state index in [0.29, 0.717) is 5.56 Å². The van der Waals surface area contributed by atoms with Crippen LogP contribution in [0.5, 0.6) is 0 Å². The van der Waals surface area contributed by atoms with Gasteiger partial charge in [-0.15, -0.1) is 0 Å². The lowest BCUT2D eigenvalue weighted by atomic mass is 10.0. The molecule has 3 N–H and O–H groups in total.